The maximum atomic E-state index is 5.98. The highest BCUT2D eigenvalue weighted by molar-refractivity contribution is 6.30. The number of rotatable bonds is 3. The molecule has 7 heteroatoms. The normalized spacial score (nSPS) is 19.8. The Morgan fingerprint density at radius 2 is 1.93 bits per heavy atom. The maximum absolute atomic E-state index is 5.98. The Bertz CT molecular complexity index is 1000. The summed E-state index contributed by atoms with van der Waals surface area (Å²) >= 11 is 5.98. The lowest BCUT2D eigenvalue weighted by Gasteiger charge is -2.53. The number of aromatic nitrogens is 4. The van der Waals surface area contributed by atoms with Gasteiger partial charge in [0.1, 0.15) is 5.82 Å². The number of ether oxygens (including phenoxy) is 1. The molecule has 0 radical (unpaired) electrons. The summed E-state index contributed by atoms with van der Waals surface area (Å²) in [4.78, 5) is 11.6. The third kappa shape index (κ3) is 3.05. The van der Waals surface area contributed by atoms with Gasteiger partial charge in [-0.3, -0.25) is 4.98 Å². The third-order valence-corrected chi connectivity index (χ3v) is 6.35. The van der Waals surface area contributed by atoms with Crippen molar-refractivity contribution in [3.05, 3.63) is 52.6 Å². The van der Waals surface area contributed by atoms with Gasteiger partial charge in [0.05, 0.1) is 10.7 Å². The van der Waals surface area contributed by atoms with Crippen molar-refractivity contribution < 1.29 is 4.74 Å². The highest BCUT2D eigenvalue weighted by atomic mass is 35.5. The Morgan fingerprint density at radius 1 is 1.14 bits per heavy atom. The van der Waals surface area contributed by atoms with Gasteiger partial charge in [0.25, 0.3) is 0 Å². The molecule has 1 spiro atoms. The Balaban J connectivity index is 1.46. The quantitative estimate of drug-likeness (QED) is 0.671. The average Bonchev–Trinajstić information content (AvgIpc) is 3.10. The van der Waals surface area contributed by atoms with Gasteiger partial charge in [-0.15, -0.1) is 0 Å². The van der Waals surface area contributed by atoms with E-state index in [1.54, 1.807) is 6.20 Å². The first-order valence-electron chi connectivity index (χ1n) is 9.85. The molecule has 0 saturated carbocycles. The number of nitrogens with zero attached hydrogens (tertiary/aromatic N) is 5. The van der Waals surface area contributed by atoms with Crippen LogP contribution in [0.2, 0.25) is 5.02 Å². The molecule has 5 rings (SSSR count). The fourth-order valence-corrected chi connectivity index (χ4v) is 4.49. The van der Waals surface area contributed by atoms with E-state index >= 15 is 0 Å². The zero-order valence-corrected chi connectivity index (χ0v) is 17.0. The number of hydrogen-bond acceptors (Lipinski definition) is 5. The first-order chi connectivity index (χ1) is 13.5. The fourth-order valence-electron chi connectivity index (χ4n) is 4.38. The maximum Gasteiger partial charge on any atom is 0.157 e. The SMILES string of the molecule is Cc1cc(N2CC3(CCOCC3)C2)n2nc(C(C)c3ccc(Cl)cn3)cc2n1. The van der Waals surface area contributed by atoms with Gasteiger partial charge in [0, 0.05) is 67.4 Å². The van der Waals surface area contributed by atoms with Gasteiger partial charge in [0.2, 0.25) is 0 Å². The van der Waals surface area contributed by atoms with Gasteiger partial charge >= 0.3 is 0 Å². The van der Waals surface area contributed by atoms with Crippen molar-refractivity contribution in [3.63, 3.8) is 0 Å². The van der Waals surface area contributed by atoms with E-state index in [4.69, 9.17) is 26.4 Å². The van der Waals surface area contributed by atoms with Crippen LogP contribution in [0.15, 0.2) is 30.5 Å². The molecule has 1 atom stereocenters. The molecular formula is C21H24ClN5O. The Hall–Kier alpha value is -2.18. The van der Waals surface area contributed by atoms with E-state index in [-0.39, 0.29) is 5.92 Å². The number of anilines is 1. The Morgan fingerprint density at radius 3 is 2.64 bits per heavy atom. The van der Waals surface area contributed by atoms with Crippen LogP contribution in [-0.4, -0.2) is 45.9 Å². The van der Waals surface area contributed by atoms with E-state index in [0.29, 0.717) is 10.4 Å². The smallest absolute Gasteiger partial charge is 0.157 e. The molecule has 0 bridgehead atoms. The van der Waals surface area contributed by atoms with Crippen LogP contribution in [0.5, 0.6) is 0 Å². The lowest BCUT2D eigenvalue weighted by molar-refractivity contribution is -0.000587. The molecule has 2 aliphatic rings. The summed E-state index contributed by atoms with van der Waals surface area (Å²) in [5.41, 5.74) is 4.24. The lowest BCUT2D eigenvalue weighted by atomic mass is 9.73. The summed E-state index contributed by atoms with van der Waals surface area (Å²) in [6.45, 7) is 8.07. The largest absolute Gasteiger partial charge is 0.381 e. The summed E-state index contributed by atoms with van der Waals surface area (Å²) in [6, 6.07) is 8.04. The topological polar surface area (TPSA) is 55.6 Å². The predicted octanol–water partition coefficient (Wildman–Crippen LogP) is 3.85. The average molecular weight is 398 g/mol. The van der Waals surface area contributed by atoms with Gasteiger partial charge in [-0.1, -0.05) is 18.5 Å². The monoisotopic (exact) mass is 397 g/mol. The highest BCUT2D eigenvalue weighted by Crippen LogP contribution is 2.42. The van der Waals surface area contributed by atoms with Crippen LogP contribution in [0, 0.1) is 12.3 Å². The molecular weight excluding hydrogens is 374 g/mol. The molecule has 2 saturated heterocycles. The molecule has 1 unspecified atom stereocenters. The second-order valence-corrected chi connectivity index (χ2v) is 8.62. The standard InChI is InChI=1S/C21H24ClN5O/c1-14-9-20(26-12-21(13-26)5-7-28-8-6-21)27-19(24-14)10-18(25-27)15(2)17-4-3-16(22)11-23-17/h3-4,9-11,15H,5-8,12-13H2,1-2H3. The van der Waals surface area contributed by atoms with Gasteiger partial charge in [-0.25, -0.2) is 4.98 Å². The summed E-state index contributed by atoms with van der Waals surface area (Å²) < 4.78 is 7.54. The molecule has 0 aliphatic carbocycles. The zero-order chi connectivity index (χ0) is 19.3. The molecule has 6 nitrogen and oxygen atoms in total. The predicted molar refractivity (Wildman–Crippen MR) is 109 cm³/mol. The minimum Gasteiger partial charge on any atom is -0.381 e. The summed E-state index contributed by atoms with van der Waals surface area (Å²) in [7, 11) is 0. The number of aryl methyl sites for hydroxylation is 1. The van der Waals surface area contributed by atoms with Crippen LogP contribution in [-0.2, 0) is 4.74 Å². The molecule has 0 amide bonds. The number of fused-ring (bicyclic) bond motifs is 1. The van der Waals surface area contributed by atoms with Crippen LogP contribution in [0.3, 0.4) is 0 Å². The third-order valence-electron chi connectivity index (χ3n) is 6.12. The molecule has 5 heterocycles. The second kappa shape index (κ2) is 6.71. The van der Waals surface area contributed by atoms with Crippen LogP contribution in [0.4, 0.5) is 5.82 Å². The lowest BCUT2D eigenvalue weighted by Crippen LogP contribution is -2.59. The molecule has 3 aromatic rings. The zero-order valence-electron chi connectivity index (χ0n) is 16.2. The molecule has 146 valence electrons. The molecule has 2 aliphatic heterocycles. The minimum atomic E-state index is 0.0744. The molecule has 2 fully saturated rings. The van der Waals surface area contributed by atoms with E-state index < -0.39 is 0 Å². The minimum absolute atomic E-state index is 0.0744. The van der Waals surface area contributed by atoms with Crippen molar-refractivity contribution in [2.75, 3.05) is 31.2 Å². The van der Waals surface area contributed by atoms with E-state index in [2.05, 4.69) is 28.9 Å². The number of halogens is 1. The van der Waals surface area contributed by atoms with Gasteiger partial charge in [0.15, 0.2) is 5.65 Å². The van der Waals surface area contributed by atoms with Crippen molar-refractivity contribution in [2.45, 2.75) is 32.6 Å². The number of hydrogen-bond donors (Lipinski definition) is 0. The first kappa shape index (κ1) is 17.9. The van der Waals surface area contributed by atoms with E-state index in [9.17, 15) is 0 Å². The van der Waals surface area contributed by atoms with E-state index in [1.807, 2.05) is 23.6 Å². The second-order valence-electron chi connectivity index (χ2n) is 8.19. The van der Waals surface area contributed by atoms with Crippen molar-refractivity contribution in [1.82, 2.24) is 19.6 Å². The van der Waals surface area contributed by atoms with Crippen molar-refractivity contribution in [3.8, 4) is 0 Å². The van der Waals surface area contributed by atoms with Crippen molar-refractivity contribution >= 4 is 23.1 Å². The van der Waals surface area contributed by atoms with Gasteiger partial charge in [-0.05, 0) is 31.9 Å². The van der Waals surface area contributed by atoms with Crippen LogP contribution in [0.1, 0.15) is 42.8 Å². The van der Waals surface area contributed by atoms with Crippen LogP contribution < -0.4 is 4.90 Å². The van der Waals surface area contributed by atoms with E-state index in [0.717, 1.165) is 67.7 Å². The molecule has 3 aromatic heterocycles. The fraction of sp³-hybridized carbons (Fsp3) is 0.476. The van der Waals surface area contributed by atoms with Crippen LogP contribution >= 0.6 is 11.6 Å². The van der Waals surface area contributed by atoms with Crippen LogP contribution in [0.25, 0.3) is 5.65 Å². The van der Waals surface area contributed by atoms with Crippen molar-refractivity contribution in [1.29, 1.82) is 0 Å². The number of pyridine rings is 1. The van der Waals surface area contributed by atoms with Gasteiger partial charge < -0.3 is 9.64 Å². The summed E-state index contributed by atoms with van der Waals surface area (Å²) in [6.07, 6.45) is 3.99. The summed E-state index contributed by atoms with van der Waals surface area (Å²) in [5, 5.41) is 5.55. The molecule has 0 N–H and O–H groups in total. The Kier molecular flexibility index (Phi) is 4.29. The summed E-state index contributed by atoms with van der Waals surface area (Å²) in [5.74, 6) is 1.20. The Labute approximate surface area is 169 Å². The molecule has 0 aromatic carbocycles. The van der Waals surface area contributed by atoms with Crippen molar-refractivity contribution in [2.24, 2.45) is 5.41 Å². The van der Waals surface area contributed by atoms with E-state index in [1.165, 1.54) is 0 Å². The van der Waals surface area contributed by atoms with Gasteiger partial charge in [-0.2, -0.15) is 9.61 Å². The molecule has 28 heavy (non-hydrogen) atoms. The first-order valence-corrected chi connectivity index (χ1v) is 10.2. The highest BCUT2D eigenvalue weighted by Gasteiger charge is 2.44.